The average molecular weight is 544 g/mol. The van der Waals surface area contributed by atoms with Gasteiger partial charge in [0.05, 0.1) is 31.0 Å². The van der Waals surface area contributed by atoms with Crippen LogP contribution in [0.5, 0.6) is 0 Å². The van der Waals surface area contributed by atoms with E-state index in [0.29, 0.717) is 18.7 Å². The number of H-pyrrole nitrogens is 2. The molecular formula is C28H23F2N7O3. The summed E-state index contributed by atoms with van der Waals surface area (Å²) in [4.78, 5) is 47.2. The average Bonchev–Trinajstić information content (AvgIpc) is 3.66. The van der Waals surface area contributed by atoms with E-state index in [1.54, 1.807) is 4.90 Å². The van der Waals surface area contributed by atoms with Gasteiger partial charge >= 0.3 is 0 Å². The second-order valence-electron chi connectivity index (χ2n) is 9.51. The van der Waals surface area contributed by atoms with Crippen LogP contribution in [0.1, 0.15) is 33.7 Å². The summed E-state index contributed by atoms with van der Waals surface area (Å²) in [6.07, 6.45) is 2.66. The van der Waals surface area contributed by atoms with Gasteiger partial charge < -0.3 is 19.8 Å². The SMILES string of the molecule is O=C(NCCC(=O)N1Cc2[nH]nc(-c3cc4ccccc4[nH]3)c2C1)c1nccn(Cc2ccc(F)c(F)c2)c1=O. The van der Waals surface area contributed by atoms with Crippen LogP contribution in [-0.4, -0.2) is 48.0 Å². The summed E-state index contributed by atoms with van der Waals surface area (Å²) in [5.74, 6) is -2.91. The highest BCUT2D eigenvalue weighted by Gasteiger charge is 2.29. The smallest absolute Gasteiger partial charge is 0.282 e. The summed E-state index contributed by atoms with van der Waals surface area (Å²) in [5.41, 5.74) is 3.74. The first-order valence-corrected chi connectivity index (χ1v) is 12.6. The first-order chi connectivity index (χ1) is 19.4. The molecule has 12 heteroatoms. The van der Waals surface area contributed by atoms with Crippen molar-refractivity contribution in [2.75, 3.05) is 6.54 Å². The Kier molecular flexibility index (Phi) is 6.42. The summed E-state index contributed by atoms with van der Waals surface area (Å²) in [7, 11) is 0. The maximum absolute atomic E-state index is 13.5. The highest BCUT2D eigenvalue weighted by molar-refractivity contribution is 5.92. The maximum atomic E-state index is 13.5. The van der Waals surface area contributed by atoms with Gasteiger partial charge in [0.2, 0.25) is 5.91 Å². The van der Waals surface area contributed by atoms with Crippen molar-refractivity contribution in [1.29, 1.82) is 0 Å². The number of aromatic amines is 2. The molecule has 1 aliphatic heterocycles. The van der Waals surface area contributed by atoms with Gasteiger partial charge in [0.15, 0.2) is 17.3 Å². The van der Waals surface area contributed by atoms with Gasteiger partial charge in [-0.05, 0) is 29.8 Å². The molecule has 0 spiro atoms. The van der Waals surface area contributed by atoms with Gasteiger partial charge in [-0.3, -0.25) is 19.5 Å². The van der Waals surface area contributed by atoms with Crippen LogP contribution < -0.4 is 10.9 Å². The lowest BCUT2D eigenvalue weighted by Gasteiger charge is -2.16. The molecule has 10 nitrogen and oxygen atoms in total. The fourth-order valence-electron chi connectivity index (χ4n) is 4.83. The summed E-state index contributed by atoms with van der Waals surface area (Å²) in [6, 6.07) is 13.3. The van der Waals surface area contributed by atoms with Crippen molar-refractivity contribution >= 4 is 22.7 Å². The number of amides is 2. The largest absolute Gasteiger partial charge is 0.353 e. The molecule has 40 heavy (non-hydrogen) atoms. The maximum Gasteiger partial charge on any atom is 0.282 e. The number of rotatable bonds is 7. The zero-order valence-electron chi connectivity index (χ0n) is 21.1. The Morgan fingerprint density at radius 2 is 1.90 bits per heavy atom. The van der Waals surface area contributed by atoms with Gasteiger partial charge in [-0.15, -0.1) is 0 Å². The molecule has 2 amide bonds. The van der Waals surface area contributed by atoms with Crippen molar-refractivity contribution in [3.63, 3.8) is 0 Å². The van der Waals surface area contributed by atoms with E-state index in [1.807, 2.05) is 30.3 Å². The molecule has 0 radical (unpaired) electrons. The van der Waals surface area contributed by atoms with Crippen molar-refractivity contribution in [2.24, 2.45) is 0 Å². The van der Waals surface area contributed by atoms with E-state index in [2.05, 4.69) is 25.5 Å². The van der Waals surface area contributed by atoms with Crippen LogP contribution >= 0.6 is 0 Å². The third kappa shape index (κ3) is 4.75. The van der Waals surface area contributed by atoms with Gasteiger partial charge in [-0.2, -0.15) is 5.10 Å². The highest BCUT2D eigenvalue weighted by atomic mass is 19.2. The number of halogens is 2. The van der Waals surface area contributed by atoms with Gasteiger partial charge in [0, 0.05) is 41.8 Å². The molecule has 3 aromatic heterocycles. The molecule has 0 saturated heterocycles. The molecule has 0 fully saturated rings. The Morgan fingerprint density at radius 1 is 1.05 bits per heavy atom. The number of nitrogens with zero attached hydrogens (tertiary/aromatic N) is 4. The standard InChI is InChI=1S/C28H23F2N7O3/c29-19-6-5-16(11-20(19)30)13-36-10-9-31-26(28(36)40)27(39)32-8-7-24(38)37-14-18-23(15-37)34-35-25(18)22-12-17-3-1-2-4-21(17)33-22/h1-6,9-12,33H,7-8,13-15H2,(H,32,39)(H,34,35). The number of hydrogen-bond acceptors (Lipinski definition) is 5. The number of para-hydroxylation sites is 1. The summed E-state index contributed by atoms with van der Waals surface area (Å²) in [6.45, 7) is 0.707. The molecule has 1 aliphatic rings. The van der Waals surface area contributed by atoms with E-state index < -0.39 is 23.1 Å². The van der Waals surface area contributed by atoms with Crippen molar-refractivity contribution in [3.05, 3.63) is 105 Å². The monoisotopic (exact) mass is 543 g/mol. The van der Waals surface area contributed by atoms with Crippen molar-refractivity contribution in [1.82, 2.24) is 34.9 Å². The first-order valence-electron chi connectivity index (χ1n) is 12.6. The quantitative estimate of drug-likeness (QED) is 0.291. The normalized spacial score (nSPS) is 12.6. The van der Waals surface area contributed by atoms with Crippen LogP contribution in [0.4, 0.5) is 8.78 Å². The number of nitrogens with one attached hydrogen (secondary N) is 3. The lowest BCUT2D eigenvalue weighted by Crippen LogP contribution is -2.36. The molecule has 0 bridgehead atoms. The third-order valence-electron chi connectivity index (χ3n) is 6.88. The zero-order chi connectivity index (χ0) is 27.8. The Bertz CT molecular complexity index is 1790. The highest BCUT2D eigenvalue weighted by Crippen LogP contribution is 2.32. The van der Waals surface area contributed by atoms with Crippen LogP contribution in [0.15, 0.2) is 65.7 Å². The van der Waals surface area contributed by atoms with E-state index >= 15 is 0 Å². The van der Waals surface area contributed by atoms with Crippen LogP contribution in [-0.2, 0) is 24.4 Å². The number of hydrogen-bond donors (Lipinski definition) is 3. The van der Waals surface area contributed by atoms with Crippen LogP contribution in [0, 0.1) is 11.6 Å². The molecule has 4 heterocycles. The number of aromatic nitrogens is 5. The van der Waals surface area contributed by atoms with Gasteiger partial charge in [0.25, 0.3) is 11.5 Å². The summed E-state index contributed by atoms with van der Waals surface area (Å²) in [5, 5.41) is 11.1. The second-order valence-corrected chi connectivity index (χ2v) is 9.51. The Morgan fingerprint density at radius 3 is 2.73 bits per heavy atom. The predicted octanol–water partition coefficient (Wildman–Crippen LogP) is 3.10. The number of carbonyl (C=O) groups is 2. The van der Waals surface area contributed by atoms with Gasteiger partial charge in [0.1, 0.15) is 5.69 Å². The Labute approximate surface area is 225 Å². The first kappa shape index (κ1) is 25.2. The topological polar surface area (TPSA) is 129 Å². The zero-order valence-corrected chi connectivity index (χ0v) is 21.1. The summed E-state index contributed by atoms with van der Waals surface area (Å²) >= 11 is 0. The molecule has 0 saturated carbocycles. The molecule has 5 aromatic rings. The minimum atomic E-state index is -1.03. The molecule has 0 unspecified atom stereocenters. The van der Waals surface area contributed by atoms with Gasteiger partial charge in [-0.1, -0.05) is 24.3 Å². The van der Waals surface area contributed by atoms with E-state index in [0.717, 1.165) is 45.7 Å². The predicted molar refractivity (Wildman–Crippen MR) is 141 cm³/mol. The molecule has 0 aliphatic carbocycles. The third-order valence-corrected chi connectivity index (χ3v) is 6.88. The minimum absolute atomic E-state index is 0.00835. The van der Waals surface area contributed by atoms with Crippen molar-refractivity contribution < 1.29 is 18.4 Å². The number of carbonyl (C=O) groups excluding carboxylic acids is 2. The Hall–Kier alpha value is -5.13. The lowest BCUT2D eigenvalue weighted by atomic mass is 10.1. The molecular weight excluding hydrogens is 520 g/mol. The fraction of sp³-hybridized carbons (Fsp3) is 0.179. The number of fused-ring (bicyclic) bond motifs is 2. The molecule has 6 rings (SSSR count). The van der Waals surface area contributed by atoms with Gasteiger partial charge in [-0.25, -0.2) is 13.8 Å². The second kappa shape index (κ2) is 10.2. The minimum Gasteiger partial charge on any atom is -0.353 e. The fourth-order valence-corrected chi connectivity index (χ4v) is 4.83. The molecule has 0 atom stereocenters. The Balaban J connectivity index is 1.06. The number of benzene rings is 2. The lowest BCUT2D eigenvalue weighted by molar-refractivity contribution is -0.131. The van der Waals surface area contributed by atoms with E-state index in [4.69, 9.17) is 0 Å². The van der Waals surface area contributed by atoms with E-state index in [1.165, 1.54) is 23.0 Å². The van der Waals surface area contributed by atoms with Crippen molar-refractivity contribution in [2.45, 2.75) is 26.1 Å². The van der Waals surface area contributed by atoms with E-state index in [-0.39, 0.29) is 31.1 Å². The van der Waals surface area contributed by atoms with Crippen LogP contribution in [0.2, 0.25) is 0 Å². The van der Waals surface area contributed by atoms with Crippen LogP contribution in [0.25, 0.3) is 22.3 Å². The van der Waals surface area contributed by atoms with Crippen LogP contribution in [0.3, 0.4) is 0 Å². The molecule has 3 N–H and O–H groups in total. The van der Waals surface area contributed by atoms with E-state index in [9.17, 15) is 23.2 Å². The van der Waals surface area contributed by atoms with Crippen molar-refractivity contribution in [3.8, 4) is 11.4 Å². The molecule has 202 valence electrons. The summed E-state index contributed by atoms with van der Waals surface area (Å²) < 4.78 is 27.9. The molecule has 2 aromatic carbocycles.